The Labute approximate surface area is 134 Å². The Balaban J connectivity index is 1.50. The quantitative estimate of drug-likeness (QED) is 0.831. The van der Waals surface area contributed by atoms with Gasteiger partial charge in [0.15, 0.2) is 0 Å². The lowest BCUT2D eigenvalue weighted by atomic mass is 10.1. The lowest BCUT2D eigenvalue weighted by Crippen LogP contribution is -2.46. The molecule has 124 valence electrons. The fourth-order valence-corrected chi connectivity index (χ4v) is 3.79. The van der Waals surface area contributed by atoms with Gasteiger partial charge >= 0.3 is 0 Å². The number of aromatic nitrogens is 2. The molecule has 0 radical (unpaired) electrons. The van der Waals surface area contributed by atoms with Crippen molar-refractivity contribution in [3.05, 3.63) is 18.2 Å². The standard InChI is InChI=1S/C17H30N4O/c1-3-17-18-6-8-21(17)16-5-4-7-19(14-16)9-10-20-11-12-22-15(2)13-20/h6,8,15-16H,3-5,7,9-14H2,1-2H3/t15-,16+/m0/s1. The van der Waals surface area contributed by atoms with Crippen LogP contribution >= 0.6 is 0 Å². The maximum Gasteiger partial charge on any atom is 0.108 e. The molecule has 0 unspecified atom stereocenters. The molecule has 0 bridgehead atoms. The monoisotopic (exact) mass is 306 g/mol. The minimum Gasteiger partial charge on any atom is -0.376 e. The predicted octanol–water partition coefficient (Wildman–Crippen LogP) is 1.80. The summed E-state index contributed by atoms with van der Waals surface area (Å²) in [5.74, 6) is 1.23. The van der Waals surface area contributed by atoms with Crippen molar-refractivity contribution in [2.75, 3.05) is 45.9 Å². The van der Waals surface area contributed by atoms with Crippen molar-refractivity contribution in [2.45, 2.75) is 45.3 Å². The van der Waals surface area contributed by atoms with Crippen LogP contribution in [0.25, 0.3) is 0 Å². The van der Waals surface area contributed by atoms with Gasteiger partial charge in [-0.15, -0.1) is 0 Å². The van der Waals surface area contributed by atoms with E-state index in [9.17, 15) is 0 Å². The van der Waals surface area contributed by atoms with Crippen LogP contribution in [-0.2, 0) is 11.2 Å². The summed E-state index contributed by atoms with van der Waals surface area (Å²) >= 11 is 0. The van der Waals surface area contributed by atoms with Crippen molar-refractivity contribution in [3.63, 3.8) is 0 Å². The number of ether oxygens (including phenoxy) is 1. The van der Waals surface area contributed by atoms with Gasteiger partial charge in [-0.3, -0.25) is 4.90 Å². The molecule has 2 saturated heterocycles. The van der Waals surface area contributed by atoms with Crippen molar-refractivity contribution in [2.24, 2.45) is 0 Å². The molecule has 0 spiro atoms. The summed E-state index contributed by atoms with van der Waals surface area (Å²) in [7, 11) is 0. The number of likely N-dealkylation sites (tertiary alicyclic amines) is 1. The first kappa shape index (κ1) is 16.0. The van der Waals surface area contributed by atoms with Crippen LogP contribution in [0.3, 0.4) is 0 Å². The highest BCUT2D eigenvalue weighted by atomic mass is 16.5. The van der Waals surface area contributed by atoms with Gasteiger partial charge < -0.3 is 14.2 Å². The average Bonchev–Trinajstić information content (AvgIpc) is 3.02. The van der Waals surface area contributed by atoms with E-state index in [0.29, 0.717) is 12.1 Å². The van der Waals surface area contributed by atoms with Crippen molar-refractivity contribution >= 4 is 0 Å². The Kier molecular flexibility index (Phi) is 5.50. The number of hydrogen-bond acceptors (Lipinski definition) is 4. The molecule has 1 aromatic rings. The first-order valence-electron chi connectivity index (χ1n) is 8.84. The molecule has 3 rings (SSSR count). The van der Waals surface area contributed by atoms with Crippen molar-refractivity contribution in [1.29, 1.82) is 0 Å². The van der Waals surface area contributed by atoms with E-state index in [0.717, 1.165) is 26.1 Å². The largest absolute Gasteiger partial charge is 0.376 e. The second-order valence-electron chi connectivity index (χ2n) is 6.68. The van der Waals surface area contributed by atoms with Crippen LogP contribution in [0, 0.1) is 0 Å². The van der Waals surface area contributed by atoms with Crippen LogP contribution in [0.2, 0.25) is 0 Å². The Hall–Kier alpha value is -0.910. The van der Waals surface area contributed by atoms with E-state index in [1.165, 1.54) is 44.8 Å². The molecular weight excluding hydrogens is 276 g/mol. The Morgan fingerprint density at radius 2 is 2.05 bits per heavy atom. The molecule has 0 aliphatic carbocycles. The fourth-order valence-electron chi connectivity index (χ4n) is 3.79. The highest BCUT2D eigenvalue weighted by Crippen LogP contribution is 2.23. The van der Waals surface area contributed by atoms with Crippen molar-refractivity contribution < 1.29 is 4.74 Å². The SMILES string of the molecule is CCc1nccn1[C@@H]1CCCN(CCN2CCO[C@@H](C)C2)C1. The second kappa shape index (κ2) is 7.57. The summed E-state index contributed by atoms with van der Waals surface area (Å²) in [5.41, 5.74) is 0. The molecule has 2 fully saturated rings. The highest BCUT2D eigenvalue weighted by Gasteiger charge is 2.23. The normalized spacial score (nSPS) is 28.1. The maximum atomic E-state index is 5.63. The number of nitrogens with zero attached hydrogens (tertiary/aromatic N) is 4. The summed E-state index contributed by atoms with van der Waals surface area (Å²) in [4.78, 5) is 9.67. The summed E-state index contributed by atoms with van der Waals surface area (Å²) in [5, 5.41) is 0. The number of piperidine rings is 1. The van der Waals surface area contributed by atoms with Crippen LogP contribution in [0.15, 0.2) is 12.4 Å². The topological polar surface area (TPSA) is 33.5 Å². The van der Waals surface area contributed by atoms with Gasteiger partial charge in [0.05, 0.1) is 12.7 Å². The Bertz CT molecular complexity index is 461. The van der Waals surface area contributed by atoms with Crippen LogP contribution in [-0.4, -0.2) is 71.3 Å². The first-order valence-corrected chi connectivity index (χ1v) is 8.84. The molecule has 2 aliphatic rings. The molecule has 0 N–H and O–H groups in total. The van der Waals surface area contributed by atoms with E-state index in [4.69, 9.17) is 4.74 Å². The molecule has 0 amide bonds. The molecule has 0 aromatic carbocycles. The van der Waals surface area contributed by atoms with Crippen LogP contribution in [0.4, 0.5) is 0 Å². The summed E-state index contributed by atoms with van der Waals surface area (Å²) in [6.07, 6.45) is 8.11. The van der Waals surface area contributed by atoms with E-state index in [1.54, 1.807) is 0 Å². The van der Waals surface area contributed by atoms with Crippen LogP contribution in [0.1, 0.15) is 38.6 Å². The average molecular weight is 306 g/mol. The smallest absolute Gasteiger partial charge is 0.108 e. The summed E-state index contributed by atoms with van der Waals surface area (Å²) in [6.45, 7) is 12.2. The van der Waals surface area contributed by atoms with Crippen LogP contribution in [0.5, 0.6) is 0 Å². The van der Waals surface area contributed by atoms with E-state index in [-0.39, 0.29) is 0 Å². The van der Waals surface area contributed by atoms with Gasteiger partial charge in [0.2, 0.25) is 0 Å². The Morgan fingerprint density at radius 3 is 2.82 bits per heavy atom. The zero-order valence-corrected chi connectivity index (χ0v) is 14.1. The van der Waals surface area contributed by atoms with Crippen LogP contribution < -0.4 is 0 Å². The summed E-state index contributed by atoms with van der Waals surface area (Å²) in [6, 6.07) is 0.606. The van der Waals surface area contributed by atoms with Gasteiger partial charge in [0.1, 0.15) is 5.82 Å². The summed E-state index contributed by atoms with van der Waals surface area (Å²) < 4.78 is 8.03. The predicted molar refractivity (Wildman–Crippen MR) is 88.2 cm³/mol. The molecule has 1 aromatic heterocycles. The molecule has 2 aliphatic heterocycles. The number of imidazole rings is 1. The maximum absolute atomic E-state index is 5.63. The third-order valence-corrected chi connectivity index (χ3v) is 5.00. The van der Waals surface area contributed by atoms with E-state index >= 15 is 0 Å². The minimum atomic E-state index is 0.390. The molecule has 5 nitrogen and oxygen atoms in total. The first-order chi connectivity index (χ1) is 10.8. The second-order valence-corrected chi connectivity index (χ2v) is 6.68. The van der Waals surface area contributed by atoms with E-state index in [2.05, 4.69) is 39.4 Å². The zero-order valence-electron chi connectivity index (χ0n) is 14.1. The molecule has 0 saturated carbocycles. The lowest BCUT2D eigenvalue weighted by molar-refractivity contribution is -0.0215. The third-order valence-electron chi connectivity index (χ3n) is 5.00. The van der Waals surface area contributed by atoms with Gasteiger partial charge in [-0.1, -0.05) is 6.92 Å². The Morgan fingerprint density at radius 1 is 1.23 bits per heavy atom. The third kappa shape index (κ3) is 3.89. The van der Waals surface area contributed by atoms with Gasteiger partial charge in [-0.05, 0) is 26.3 Å². The van der Waals surface area contributed by atoms with Gasteiger partial charge in [-0.25, -0.2) is 4.98 Å². The molecule has 5 heteroatoms. The molecule has 2 atom stereocenters. The molecule has 3 heterocycles. The molecular formula is C17H30N4O. The number of hydrogen-bond donors (Lipinski definition) is 0. The fraction of sp³-hybridized carbons (Fsp3) is 0.824. The number of morpholine rings is 1. The highest BCUT2D eigenvalue weighted by molar-refractivity contribution is 4.96. The van der Waals surface area contributed by atoms with Gasteiger partial charge in [0.25, 0.3) is 0 Å². The lowest BCUT2D eigenvalue weighted by Gasteiger charge is -2.37. The van der Waals surface area contributed by atoms with Crippen molar-refractivity contribution in [1.82, 2.24) is 19.4 Å². The van der Waals surface area contributed by atoms with E-state index < -0.39 is 0 Å². The van der Waals surface area contributed by atoms with E-state index in [1.807, 2.05) is 6.20 Å². The van der Waals surface area contributed by atoms with Gasteiger partial charge in [-0.2, -0.15) is 0 Å². The minimum absolute atomic E-state index is 0.390. The zero-order chi connectivity index (χ0) is 15.4. The molecule has 22 heavy (non-hydrogen) atoms. The van der Waals surface area contributed by atoms with Crippen molar-refractivity contribution in [3.8, 4) is 0 Å². The number of aryl methyl sites for hydroxylation is 1. The van der Waals surface area contributed by atoms with Gasteiger partial charge in [0, 0.05) is 57.6 Å². The number of rotatable bonds is 5.